The summed E-state index contributed by atoms with van der Waals surface area (Å²) in [5.41, 5.74) is 1.90. The van der Waals surface area contributed by atoms with E-state index < -0.39 is 0 Å². The summed E-state index contributed by atoms with van der Waals surface area (Å²) in [7, 11) is 0. The molecule has 0 aromatic heterocycles. The van der Waals surface area contributed by atoms with Crippen molar-refractivity contribution in [2.24, 2.45) is 17.8 Å². The Hall–Kier alpha value is -1.84. The van der Waals surface area contributed by atoms with Gasteiger partial charge in [0.05, 0.1) is 0 Å². The minimum atomic E-state index is 0.0998. The van der Waals surface area contributed by atoms with Gasteiger partial charge in [0.2, 0.25) is 5.91 Å². The van der Waals surface area contributed by atoms with Gasteiger partial charge in [-0.1, -0.05) is 6.42 Å². The fraction of sp³-hybridized carbons (Fsp3) is 0.600. The van der Waals surface area contributed by atoms with Crippen molar-refractivity contribution in [3.05, 3.63) is 29.8 Å². The molecule has 1 heterocycles. The number of nitrogens with zero attached hydrogens (tertiary/aromatic N) is 2. The predicted molar refractivity (Wildman–Crippen MR) is 94.2 cm³/mol. The molecule has 0 radical (unpaired) electrons. The SMILES string of the molecule is CC(=O)c1ccc(N2CCN(C(=O)[C@@H]3C[C@H]4CC[C@H]3C4)CC2)cc1. The van der Waals surface area contributed by atoms with Crippen molar-refractivity contribution in [1.82, 2.24) is 4.90 Å². The van der Waals surface area contributed by atoms with E-state index in [0.717, 1.165) is 49.8 Å². The van der Waals surface area contributed by atoms with E-state index in [4.69, 9.17) is 0 Å². The van der Waals surface area contributed by atoms with Crippen molar-refractivity contribution >= 4 is 17.4 Å². The fourth-order valence-corrected chi connectivity index (χ4v) is 4.87. The lowest BCUT2D eigenvalue weighted by atomic mass is 9.87. The number of fused-ring (bicyclic) bond motifs is 2. The average Bonchev–Trinajstić information content (AvgIpc) is 3.25. The van der Waals surface area contributed by atoms with Crippen LogP contribution in [0, 0.1) is 17.8 Å². The number of rotatable bonds is 3. The minimum Gasteiger partial charge on any atom is -0.368 e. The third-order valence-corrected chi connectivity index (χ3v) is 6.29. The van der Waals surface area contributed by atoms with Crippen molar-refractivity contribution in [3.63, 3.8) is 0 Å². The van der Waals surface area contributed by atoms with E-state index in [9.17, 15) is 9.59 Å². The normalized spacial score (nSPS) is 29.1. The van der Waals surface area contributed by atoms with Gasteiger partial charge in [-0.2, -0.15) is 0 Å². The third kappa shape index (κ3) is 2.83. The average molecular weight is 326 g/mol. The second-order valence-electron chi connectivity index (χ2n) is 7.70. The summed E-state index contributed by atoms with van der Waals surface area (Å²) >= 11 is 0. The van der Waals surface area contributed by atoms with Crippen LogP contribution in [0.2, 0.25) is 0 Å². The number of carbonyl (C=O) groups is 2. The molecule has 1 aliphatic heterocycles. The molecule has 2 aliphatic carbocycles. The van der Waals surface area contributed by atoms with E-state index in [2.05, 4.69) is 9.80 Å². The van der Waals surface area contributed by atoms with Crippen molar-refractivity contribution in [2.45, 2.75) is 32.6 Å². The molecular weight excluding hydrogens is 300 g/mol. The summed E-state index contributed by atoms with van der Waals surface area (Å²) in [6.07, 6.45) is 5.04. The van der Waals surface area contributed by atoms with E-state index in [1.54, 1.807) is 6.92 Å². The molecule has 3 aliphatic rings. The number of hydrogen-bond acceptors (Lipinski definition) is 3. The van der Waals surface area contributed by atoms with E-state index in [0.29, 0.717) is 17.7 Å². The Morgan fingerprint density at radius 2 is 1.67 bits per heavy atom. The van der Waals surface area contributed by atoms with Crippen molar-refractivity contribution in [3.8, 4) is 0 Å². The molecule has 4 rings (SSSR count). The number of benzene rings is 1. The van der Waals surface area contributed by atoms with E-state index in [1.807, 2.05) is 24.3 Å². The lowest BCUT2D eigenvalue weighted by molar-refractivity contribution is -0.137. The van der Waals surface area contributed by atoms with Crippen LogP contribution in [-0.4, -0.2) is 42.8 Å². The molecule has 3 fully saturated rings. The van der Waals surface area contributed by atoms with Crippen molar-refractivity contribution in [1.29, 1.82) is 0 Å². The Morgan fingerprint density at radius 3 is 2.21 bits per heavy atom. The molecule has 2 saturated carbocycles. The lowest BCUT2D eigenvalue weighted by Crippen LogP contribution is -2.51. The van der Waals surface area contributed by atoms with Gasteiger partial charge < -0.3 is 9.80 Å². The summed E-state index contributed by atoms with van der Waals surface area (Å²) in [6.45, 7) is 5.00. The molecule has 1 saturated heterocycles. The Labute approximate surface area is 143 Å². The Kier molecular flexibility index (Phi) is 4.07. The Bertz CT molecular complexity index is 632. The molecule has 3 atom stereocenters. The number of ketones is 1. The van der Waals surface area contributed by atoms with Gasteiger partial charge in [-0.15, -0.1) is 0 Å². The molecule has 1 amide bonds. The summed E-state index contributed by atoms with van der Waals surface area (Å²) < 4.78 is 0. The molecule has 1 aromatic rings. The van der Waals surface area contributed by atoms with Gasteiger partial charge in [-0.25, -0.2) is 0 Å². The molecule has 0 N–H and O–H groups in total. The second-order valence-corrected chi connectivity index (χ2v) is 7.70. The summed E-state index contributed by atoms with van der Waals surface area (Å²) in [5, 5.41) is 0. The molecule has 4 heteroatoms. The van der Waals surface area contributed by atoms with Crippen LogP contribution in [0.4, 0.5) is 5.69 Å². The number of anilines is 1. The van der Waals surface area contributed by atoms with Crippen LogP contribution < -0.4 is 4.90 Å². The topological polar surface area (TPSA) is 40.6 Å². The Morgan fingerprint density at radius 1 is 0.958 bits per heavy atom. The molecule has 0 unspecified atom stereocenters. The standard InChI is InChI=1S/C20H26N2O2/c1-14(23)16-4-6-18(7-5-16)21-8-10-22(11-9-21)20(24)19-13-15-2-3-17(19)12-15/h4-7,15,17,19H,2-3,8-13H2,1H3/t15-,17-,19+/m0/s1. The van der Waals surface area contributed by atoms with Gasteiger partial charge in [-0.3, -0.25) is 9.59 Å². The molecule has 2 bridgehead atoms. The maximum absolute atomic E-state index is 12.8. The number of carbonyl (C=O) groups excluding carboxylic acids is 2. The van der Waals surface area contributed by atoms with Crippen LogP contribution in [0.15, 0.2) is 24.3 Å². The van der Waals surface area contributed by atoms with Gasteiger partial charge in [0.15, 0.2) is 5.78 Å². The summed E-state index contributed by atoms with van der Waals surface area (Å²) in [4.78, 5) is 28.6. The fourth-order valence-electron chi connectivity index (χ4n) is 4.87. The first kappa shape index (κ1) is 15.7. The highest BCUT2D eigenvalue weighted by atomic mass is 16.2. The zero-order chi connectivity index (χ0) is 16.7. The number of amides is 1. The van der Waals surface area contributed by atoms with Gasteiger partial charge in [0.1, 0.15) is 0 Å². The zero-order valence-electron chi connectivity index (χ0n) is 14.4. The molecule has 1 aromatic carbocycles. The van der Waals surface area contributed by atoms with Gasteiger partial charge in [-0.05, 0) is 62.3 Å². The number of piperazine rings is 1. The predicted octanol–water partition coefficient (Wildman–Crippen LogP) is 2.97. The second kappa shape index (κ2) is 6.23. The highest BCUT2D eigenvalue weighted by Crippen LogP contribution is 2.48. The molecule has 24 heavy (non-hydrogen) atoms. The van der Waals surface area contributed by atoms with Crippen LogP contribution in [0.1, 0.15) is 43.0 Å². The first-order valence-corrected chi connectivity index (χ1v) is 9.26. The molecule has 128 valence electrons. The summed E-state index contributed by atoms with van der Waals surface area (Å²) in [6, 6.07) is 7.82. The quantitative estimate of drug-likeness (QED) is 0.802. The third-order valence-electron chi connectivity index (χ3n) is 6.29. The molecule has 0 spiro atoms. The van der Waals surface area contributed by atoms with Crippen molar-refractivity contribution in [2.75, 3.05) is 31.1 Å². The zero-order valence-corrected chi connectivity index (χ0v) is 14.4. The van der Waals surface area contributed by atoms with E-state index >= 15 is 0 Å². The largest absolute Gasteiger partial charge is 0.368 e. The van der Waals surface area contributed by atoms with Crippen molar-refractivity contribution < 1.29 is 9.59 Å². The smallest absolute Gasteiger partial charge is 0.226 e. The maximum Gasteiger partial charge on any atom is 0.226 e. The first-order valence-electron chi connectivity index (χ1n) is 9.26. The van der Waals surface area contributed by atoms with Crippen LogP contribution in [-0.2, 0) is 4.79 Å². The van der Waals surface area contributed by atoms with Crippen LogP contribution in [0.5, 0.6) is 0 Å². The van der Waals surface area contributed by atoms with Crippen LogP contribution in [0.3, 0.4) is 0 Å². The van der Waals surface area contributed by atoms with Gasteiger partial charge >= 0.3 is 0 Å². The number of hydrogen-bond donors (Lipinski definition) is 0. The summed E-state index contributed by atoms with van der Waals surface area (Å²) in [5.74, 6) is 2.31. The van der Waals surface area contributed by atoms with Crippen LogP contribution >= 0.6 is 0 Å². The van der Waals surface area contributed by atoms with E-state index in [-0.39, 0.29) is 5.78 Å². The Balaban J connectivity index is 1.34. The minimum absolute atomic E-state index is 0.0998. The molecule has 4 nitrogen and oxygen atoms in total. The highest BCUT2D eigenvalue weighted by molar-refractivity contribution is 5.94. The van der Waals surface area contributed by atoms with E-state index in [1.165, 1.54) is 19.3 Å². The monoisotopic (exact) mass is 326 g/mol. The highest BCUT2D eigenvalue weighted by Gasteiger charge is 2.44. The van der Waals surface area contributed by atoms with Crippen LogP contribution in [0.25, 0.3) is 0 Å². The van der Waals surface area contributed by atoms with Gasteiger partial charge in [0.25, 0.3) is 0 Å². The van der Waals surface area contributed by atoms with Gasteiger partial charge in [0, 0.05) is 43.3 Å². The molecular formula is C20H26N2O2. The first-order chi connectivity index (χ1) is 11.6. The maximum atomic E-state index is 12.8. The lowest BCUT2D eigenvalue weighted by Gasteiger charge is -2.38. The number of Topliss-reactive ketones (excluding diaryl/α,β-unsaturated/α-hetero) is 1.